The number of methoxy groups -OCH3 is 3. The SMILES string of the molecule is COCCCN1C(=O)C(O)=C(C(=O)c2cc3cccc(OC)c3o2)C1c1cccc(OC)c1. The molecule has 8 heteroatoms. The van der Waals surface area contributed by atoms with Crippen LogP contribution in [0, 0.1) is 0 Å². The maximum absolute atomic E-state index is 13.6. The summed E-state index contributed by atoms with van der Waals surface area (Å²) in [6.07, 6.45) is 0.541. The molecule has 0 saturated carbocycles. The van der Waals surface area contributed by atoms with Gasteiger partial charge in [-0.25, -0.2) is 0 Å². The predicted octanol–water partition coefficient (Wildman–Crippen LogP) is 4.06. The molecule has 1 aliphatic rings. The summed E-state index contributed by atoms with van der Waals surface area (Å²) in [5, 5.41) is 11.5. The van der Waals surface area contributed by atoms with E-state index in [1.165, 1.54) is 19.1 Å². The van der Waals surface area contributed by atoms with Crippen molar-refractivity contribution in [2.24, 2.45) is 0 Å². The Morgan fingerprint density at radius 1 is 1.09 bits per heavy atom. The van der Waals surface area contributed by atoms with E-state index in [-0.39, 0.29) is 11.3 Å². The fraction of sp³-hybridized carbons (Fsp3) is 0.280. The van der Waals surface area contributed by atoms with Crippen molar-refractivity contribution < 1.29 is 33.3 Å². The number of carbonyl (C=O) groups excluding carboxylic acids is 2. The number of benzene rings is 2. The van der Waals surface area contributed by atoms with E-state index in [0.717, 1.165) is 0 Å². The fourth-order valence-corrected chi connectivity index (χ4v) is 4.10. The molecule has 172 valence electrons. The third kappa shape index (κ3) is 4.05. The summed E-state index contributed by atoms with van der Waals surface area (Å²) in [6.45, 7) is 0.728. The first-order valence-corrected chi connectivity index (χ1v) is 10.5. The summed E-state index contributed by atoms with van der Waals surface area (Å²) < 4.78 is 21.6. The van der Waals surface area contributed by atoms with Crippen molar-refractivity contribution >= 4 is 22.7 Å². The second kappa shape index (κ2) is 9.38. The van der Waals surface area contributed by atoms with E-state index in [9.17, 15) is 14.7 Å². The summed E-state index contributed by atoms with van der Waals surface area (Å²) in [6, 6.07) is 13.2. The first-order valence-electron chi connectivity index (χ1n) is 10.5. The molecule has 4 rings (SSSR count). The van der Waals surface area contributed by atoms with Crippen LogP contribution in [0.5, 0.6) is 11.5 Å². The molecule has 1 unspecified atom stereocenters. The van der Waals surface area contributed by atoms with Crippen LogP contribution in [0.2, 0.25) is 0 Å². The molecule has 3 aromatic rings. The van der Waals surface area contributed by atoms with Crippen LogP contribution in [-0.4, -0.2) is 56.2 Å². The van der Waals surface area contributed by atoms with E-state index < -0.39 is 23.5 Å². The van der Waals surface area contributed by atoms with Gasteiger partial charge >= 0.3 is 0 Å². The van der Waals surface area contributed by atoms with Crippen LogP contribution in [0.15, 0.2) is 64.3 Å². The van der Waals surface area contributed by atoms with Gasteiger partial charge in [0.15, 0.2) is 22.9 Å². The average molecular weight is 451 g/mol. The Bertz CT molecular complexity index is 1230. The standard InChI is InChI=1S/C25H25NO7/c1-30-12-6-11-26-21(15-7-4-9-17(13-15)31-2)20(23(28)25(26)29)22(27)19-14-16-8-5-10-18(32-3)24(16)33-19/h4-5,7-10,13-14,21,28H,6,11-12H2,1-3H3. The largest absolute Gasteiger partial charge is 0.503 e. The molecular formula is C25H25NO7. The molecule has 0 radical (unpaired) electrons. The maximum atomic E-state index is 13.6. The molecule has 1 N–H and O–H groups in total. The zero-order chi connectivity index (χ0) is 23.5. The molecular weight excluding hydrogens is 426 g/mol. The van der Waals surface area contributed by atoms with Crippen molar-refractivity contribution in [2.45, 2.75) is 12.5 Å². The minimum Gasteiger partial charge on any atom is -0.503 e. The van der Waals surface area contributed by atoms with Gasteiger partial charge in [-0.05, 0) is 36.2 Å². The summed E-state index contributed by atoms with van der Waals surface area (Å²) in [4.78, 5) is 28.1. The molecule has 1 atom stereocenters. The summed E-state index contributed by atoms with van der Waals surface area (Å²) >= 11 is 0. The zero-order valence-electron chi connectivity index (χ0n) is 18.7. The number of rotatable bonds is 9. The maximum Gasteiger partial charge on any atom is 0.290 e. The Balaban J connectivity index is 1.79. The predicted molar refractivity (Wildman–Crippen MR) is 121 cm³/mol. The van der Waals surface area contributed by atoms with Crippen molar-refractivity contribution in [3.63, 3.8) is 0 Å². The first kappa shape index (κ1) is 22.4. The number of nitrogens with zero attached hydrogens (tertiary/aromatic N) is 1. The molecule has 0 fully saturated rings. The first-order chi connectivity index (χ1) is 16.0. The molecule has 1 aromatic heterocycles. The quantitative estimate of drug-likeness (QED) is 0.387. The number of hydrogen-bond donors (Lipinski definition) is 1. The number of aliphatic hydroxyl groups is 1. The Morgan fingerprint density at radius 3 is 2.61 bits per heavy atom. The minimum atomic E-state index is -0.799. The van der Waals surface area contributed by atoms with Crippen LogP contribution >= 0.6 is 0 Å². The summed E-state index contributed by atoms with van der Waals surface area (Å²) in [5.41, 5.74) is 1.02. The number of carbonyl (C=O) groups is 2. The Kier molecular flexibility index (Phi) is 6.37. The van der Waals surface area contributed by atoms with Crippen molar-refractivity contribution in [1.29, 1.82) is 0 Å². The zero-order valence-corrected chi connectivity index (χ0v) is 18.7. The lowest BCUT2D eigenvalue weighted by Crippen LogP contribution is -2.32. The lowest BCUT2D eigenvalue weighted by molar-refractivity contribution is -0.129. The third-order valence-corrected chi connectivity index (χ3v) is 5.66. The van der Waals surface area contributed by atoms with Gasteiger partial charge in [0.2, 0.25) is 5.78 Å². The molecule has 1 aliphatic heterocycles. The molecule has 0 bridgehead atoms. The van der Waals surface area contributed by atoms with Gasteiger partial charge in [-0.15, -0.1) is 0 Å². The Labute approximate surface area is 191 Å². The molecule has 0 spiro atoms. The number of aliphatic hydroxyl groups excluding tert-OH is 1. The number of ether oxygens (including phenoxy) is 3. The third-order valence-electron chi connectivity index (χ3n) is 5.66. The number of amides is 1. The highest BCUT2D eigenvalue weighted by molar-refractivity contribution is 6.16. The second-order valence-corrected chi connectivity index (χ2v) is 7.60. The highest BCUT2D eigenvalue weighted by Crippen LogP contribution is 2.41. The monoisotopic (exact) mass is 451 g/mol. The number of para-hydroxylation sites is 1. The van der Waals surface area contributed by atoms with Crippen LogP contribution in [0.25, 0.3) is 11.0 Å². The van der Waals surface area contributed by atoms with Crippen LogP contribution in [0.1, 0.15) is 28.6 Å². The van der Waals surface area contributed by atoms with Crippen LogP contribution < -0.4 is 9.47 Å². The Morgan fingerprint density at radius 2 is 1.88 bits per heavy atom. The van der Waals surface area contributed by atoms with Gasteiger partial charge in [0.05, 0.1) is 25.8 Å². The van der Waals surface area contributed by atoms with E-state index in [4.69, 9.17) is 18.6 Å². The van der Waals surface area contributed by atoms with Crippen molar-refractivity contribution in [3.8, 4) is 11.5 Å². The van der Waals surface area contributed by atoms with E-state index >= 15 is 0 Å². The fourth-order valence-electron chi connectivity index (χ4n) is 4.10. The number of ketones is 1. The van der Waals surface area contributed by atoms with Crippen molar-refractivity contribution in [3.05, 3.63) is 71.2 Å². The normalized spacial score (nSPS) is 16.0. The average Bonchev–Trinajstić information content (AvgIpc) is 3.38. The van der Waals surface area contributed by atoms with E-state index in [1.807, 2.05) is 0 Å². The molecule has 8 nitrogen and oxygen atoms in total. The number of Topliss-reactive ketones (excluding diaryl/α,β-unsaturated/α-hetero) is 1. The number of fused-ring (bicyclic) bond motifs is 1. The molecule has 33 heavy (non-hydrogen) atoms. The van der Waals surface area contributed by atoms with Crippen molar-refractivity contribution in [1.82, 2.24) is 4.90 Å². The lowest BCUT2D eigenvalue weighted by atomic mass is 9.94. The highest BCUT2D eigenvalue weighted by atomic mass is 16.5. The molecule has 2 heterocycles. The molecule has 2 aromatic carbocycles. The van der Waals surface area contributed by atoms with E-state index in [1.54, 1.807) is 55.6 Å². The Hall–Kier alpha value is -3.78. The lowest BCUT2D eigenvalue weighted by Gasteiger charge is -2.26. The van der Waals surface area contributed by atoms with Gasteiger partial charge in [0, 0.05) is 25.6 Å². The molecule has 0 aliphatic carbocycles. The minimum absolute atomic E-state index is 0.00971. The van der Waals surface area contributed by atoms with Crippen molar-refractivity contribution in [2.75, 3.05) is 34.5 Å². The van der Waals surface area contributed by atoms with E-state index in [0.29, 0.717) is 47.6 Å². The van der Waals surface area contributed by atoms with Gasteiger partial charge in [0.1, 0.15) is 5.75 Å². The van der Waals surface area contributed by atoms with Crippen LogP contribution in [0.3, 0.4) is 0 Å². The van der Waals surface area contributed by atoms with Crippen LogP contribution in [0.4, 0.5) is 0 Å². The smallest absolute Gasteiger partial charge is 0.290 e. The van der Waals surface area contributed by atoms with Gasteiger partial charge in [-0.2, -0.15) is 0 Å². The van der Waals surface area contributed by atoms with Gasteiger partial charge in [-0.3, -0.25) is 9.59 Å². The van der Waals surface area contributed by atoms with Gasteiger partial charge < -0.3 is 28.6 Å². The summed E-state index contributed by atoms with van der Waals surface area (Å²) in [5.74, 6) is -0.702. The second-order valence-electron chi connectivity index (χ2n) is 7.60. The molecule has 1 amide bonds. The highest BCUT2D eigenvalue weighted by Gasteiger charge is 2.44. The number of hydrogen-bond acceptors (Lipinski definition) is 7. The van der Waals surface area contributed by atoms with E-state index in [2.05, 4.69) is 0 Å². The summed E-state index contributed by atoms with van der Waals surface area (Å²) in [7, 11) is 4.63. The molecule has 0 saturated heterocycles. The number of furan rings is 1. The van der Waals surface area contributed by atoms with Gasteiger partial charge in [-0.1, -0.05) is 24.3 Å². The topological polar surface area (TPSA) is 98.4 Å². The van der Waals surface area contributed by atoms with Crippen LogP contribution in [-0.2, 0) is 9.53 Å². The van der Waals surface area contributed by atoms with Gasteiger partial charge in [0.25, 0.3) is 5.91 Å².